The van der Waals surface area contributed by atoms with E-state index >= 15 is 0 Å². The topological polar surface area (TPSA) is 179 Å². The smallest absolute Gasteiger partial charge is 0.408 e. The molecular weight excluding hydrogens is 590 g/mol. The fourth-order valence-corrected chi connectivity index (χ4v) is 5.14. The molecule has 11 nitrogen and oxygen atoms in total. The van der Waals surface area contributed by atoms with Crippen molar-refractivity contribution in [2.75, 3.05) is 5.32 Å². The second kappa shape index (κ2) is 17.3. The lowest BCUT2D eigenvalue weighted by atomic mass is 10.0. The first-order valence-electron chi connectivity index (χ1n) is 15.0. The second-order valence-corrected chi connectivity index (χ2v) is 12.9. The van der Waals surface area contributed by atoms with Crippen LogP contribution in [0, 0.1) is 0 Å². The molecule has 1 heterocycles. The van der Waals surface area contributed by atoms with Gasteiger partial charge in [0.2, 0.25) is 11.0 Å². The van der Waals surface area contributed by atoms with Gasteiger partial charge in [0, 0.05) is 24.6 Å². The fraction of sp³-hybridized carbons (Fsp3) is 0.394. The number of unbranched alkanes of at least 4 members (excludes halogenated alkanes) is 1. The van der Waals surface area contributed by atoms with Gasteiger partial charge in [0.15, 0.2) is 5.82 Å². The molecule has 0 saturated carbocycles. The Morgan fingerprint density at radius 2 is 1.78 bits per heavy atom. The Hall–Kier alpha value is -4.26. The number of nitrogens with one attached hydrogen (secondary N) is 3. The summed E-state index contributed by atoms with van der Waals surface area (Å²) in [5.41, 5.74) is 13.0. The highest BCUT2D eigenvalue weighted by Gasteiger charge is 2.19. The Kier molecular flexibility index (Phi) is 13.5. The van der Waals surface area contributed by atoms with Crippen LogP contribution >= 0.6 is 11.3 Å². The van der Waals surface area contributed by atoms with Crippen molar-refractivity contribution < 1.29 is 25.2 Å². The third kappa shape index (κ3) is 13.9. The Balaban J connectivity index is 1.37. The van der Waals surface area contributed by atoms with Gasteiger partial charge in [-0.3, -0.25) is 4.79 Å². The van der Waals surface area contributed by atoms with E-state index in [4.69, 9.17) is 10.5 Å². The van der Waals surface area contributed by atoms with Crippen LogP contribution in [0.15, 0.2) is 78.3 Å². The largest absolute Gasteiger partial charge is 0.444 e. The highest BCUT2D eigenvalue weighted by molar-refractivity contribution is 7.15. The van der Waals surface area contributed by atoms with E-state index in [0.29, 0.717) is 35.9 Å². The normalized spacial score (nSPS) is 13.6. The van der Waals surface area contributed by atoms with Gasteiger partial charge in [-0.25, -0.2) is 4.79 Å². The number of alkyl carbamates (subject to hydrolysis) is 1. The number of carbonyl (C=O) groups is 2. The molecule has 0 radical (unpaired) electrons. The molecule has 1 aromatic heterocycles. The third-order valence-corrected chi connectivity index (χ3v) is 7.39. The highest BCUT2D eigenvalue weighted by atomic mass is 32.1. The zero-order chi connectivity index (χ0) is 32.8. The molecule has 3 rings (SSSR count). The predicted octanol–water partition coefficient (Wildman–Crippen LogP) is 4.09. The van der Waals surface area contributed by atoms with E-state index in [0.717, 1.165) is 41.0 Å². The van der Waals surface area contributed by atoms with Gasteiger partial charge in [-0.05, 0) is 69.7 Å². The number of ether oxygens (including phenoxy) is 1. The molecule has 0 spiro atoms. The van der Waals surface area contributed by atoms with E-state index in [9.17, 15) is 14.7 Å². The molecule has 12 heteroatoms. The van der Waals surface area contributed by atoms with Gasteiger partial charge in [0.25, 0.3) is 0 Å². The number of aliphatic hydroxyl groups excluding tert-OH is 1. The molecule has 0 bridgehead atoms. The number of nitrogens with two attached hydrogens (primary N) is 1. The maximum atomic E-state index is 12.2. The maximum absolute atomic E-state index is 12.2. The summed E-state index contributed by atoms with van der Waals surface area (Å²) in [7, 11) is 0. The lowest BCUT2D eigenvalue weighted by Crippen LogP contribution is -2.56. The Morgan fingerprint density at radius 1 is 1.04 bits per heavy atom. The predicted molar refractivity (Wildman–Crippen MR) is 177 cm³/mol. The van der Waals surface area contributed by atoms with Crippen LogP contribution < -0.4 is 27.4 Å². The van der Waals surface area contributed by atoms with Crippen molar-refractivity contribution in [2.45, 2.75) is 84.1 Å². The molecule has 0 aliphatic heterocycles. The van der Waals surface area contributed by atoms with E-state index in [1.807, 2.05) is 82.3 Å². The summed E-state index contributed by atoms with van der Waals surface area (Å²) in [6, 6.07) is 17.0. The number of rotatable bonds is 15. The fourth-order valence-electron chi connectivity index (χ4n) is 4.34. The van der Waals surface area contributed by atoms with Crippen LogP contribution in [0.5, 0.6) is 0 Å². The first kappa shape index (κ1) is 35.2. The molecule has 2 unspecified atom stereocenters. The summed E-state index contributed by atoms with van der Waals surface area (Å²) in [6.45, 7) is 7.34. The zero-order valence-electron chi connectivity index (χ0n) is 26.5. The number of aliphatic hydroxyl groups is 1. The van der Waals surface area contributed by atoms with Crippen molar-refractivity contribution in [3.8, 4) is 0 Å². The number of hydrogen-bond donors (Lipinski definition) is 6. The summed E-state index contributed by atoms with van der Waals surface area (Å²) < 4.78 is 5.34. The standard InChI is InChI=1S/C33H45N7O4S/c1-22(36-32(43)44-33(2,3)4)25-14-10-13-24(19-25)21-28(41)37-27(35)18-17-26(34)15-8-9-16-30-39-40-31(45-30)38-29(42)20-23-11-6-5-7-12-23/h5-7,10-14,17-19,22,28,37,41H,8-9,15-16,20-21,34-35H2,1-4H3,(H,36,43)(H,38,40,42)/p+1/b26-17-,27-18+. The highest BCUT2D eigenvalue weighted by Crippen LogP contribution is 2.19. The van der Waals surface area contributed by atoms with Gasteiger partial charge in [0.1, 0.15) is 16.8 Å². The van der Waals surface area contributed by atoms with Crippen LogP contribution in [0.25, 0.3) is 0 Å². The van der Waals surface area contributed by atoms with Crippen LogP contribution in [0.4, 0.5) is 9.93 Å². The minimum Gasteiger partial charge on any atom is -0.444 e. The summed E-state index contributed by atoms with van der Waals surface area (Å²) in [4.78, 5) is 24.4. The summed E-state index contributed by atoms with van der Waals surface area (Å²) in [5.74, 6) is 0.424. The Labute approximate surface area is 269 Å². The van der Waals surface area contributed by atoms with Crippen LogP contribution in [-0.4, -0.2) is 39.1 Å². The molecule has 45 heavy (non-hydrogen) atoms. The first-order valence-corrected chi connectivity index (χ1v) is 15.9. The molecule has 0 aliphatic rings. The monoisotopic (exact) mass is 636 g/mol. The number of aryl methyl sites for hydroxylation is 1. The number of aromatic nitrogens is 2. The number of allylic oxidation sites excluding steroid dienone is 3. The zero-order valence-corrected chi connectivity index (χ0v) is 27.3. The van der Waals surface area contributed by atoms with Crippen molar-refractivity contribution in [3.63, 3.8) is 0 Å². The van der Waals surface area contributed by atoms with Gasteiger partial charge in [0.05, 0.1) is 12.5 Å². The number of hydrogen-bond acceptors (Lipinski definition) is 9. The lowest BCUT2D eigenvalue weighted by Gasteiger charge is -2.22. The minimum atomic E-state index is -0.854. The Bertz CT molecular complexity index is 1450. The van der Waals surface area contributed by atoms with Crippen LogP contribution in [0.3, 0.4) is 0 Å². The lowest BCUT2D eigenvalue weighted by molar-refractivity contribution is -0.315. The quantitative estimate of drug-likeness (QED) is 0.0820. The number of amides is 2. The van der Waals surface area contributed by atoms with Gasteiger partial charge >= 0.3 is 6.09 Å². The minimum absolute atomic E-state index is 0.116. The average molecular weight is 637 g/mol. The average Bonchev–Trinajstić information content (AvgIpc) is 3.40. The molecule has 2 aromatic carbocycles. The van der Waals surface area contributed by atoms with Gasteiger partial charge in [-0.2, -0.15) is 0 Å². The number of benzene rings is 2. The van der Waals surface area contributed by atoms with Gasteiger partial charge in [-0.15, -0.1) is 10.2 Å². The summed E-state index contributed by atoms with van der Waals surface area (Å²) in [6.07, 6.45) is 6.05. The molecule has 0 aliphatic carbocycles. The number of carbonyl (C=O) groups excluding carboxylic acids is 2. The molecule has 9 N–H and O–H groups in total. The van der Waals surface area contributed by atoms with Crippen LogP contribution in [0.2, 0.25) is 0 Å². The first-order chi connectivity index (χ1) is 21.4. The number of quaternary nitrogens is 1. The second-order valence-electron chi connectivity index (χ2n) is 11.8. The number of anilines is 1. The molecule has 242 valence electrons. The maximum Gasteiger partial charge on any atom is 0.408 e. The van der Waals surface area contributed by atoms with Crippen molar-refractivity contribution in [2.24, 2.45) is 5.73 Å². The van der Waals surface area contributed by atoms with Crippen molar-refractivity contribution >= 4 is 28.5 Å². The van der Waals surface area contributed by atoms with E-state index in [1.54, 1.807) is 12.2 Å². The van der Waals surface area contributed by atoms with Gasteiger partial charge < -0.3 is 37.3 Å². The third-order valence-electron chi connectivity index (χ3n) is 6.49. The van der Waals surface area contributed by atoms with Crippen LogP contribution in [-0.2, 0) is 28.8 Å². The van der Waals surface area contributed by atoms with E-state index < -0.39 is 17.9 Å². The SMILES string of the molecule is CC(NC(=O)OC(C)(C)C)c1cccc(CC(O)N/C([NH3+])=C/C=C(\N)CCCCc2nnc(NC(=O)Cc3ccccc3)s2)c1. The Morgan fingerprint density at radius 3 is 2.51 bits per heavy atom. The van der Waals surface area contributed by atoms with Crippen molar-refractivity contribution in [1.82, 2.24) is 20.8 Å². The van der Waals surface area contributed by atoms with E-state index in [1.165, 1.54) is 11.3 Å². The number of nitrogens with zero attached hydrogens (tertiary/aromatic N) is 2. The molecule has 0 fully saturated rings. The van der Waals surface area contributed by atoms with E-state index in [2.05, 4.69) is 31.9 Å². The summed E-state index contributed by atoms with van der Waals surface area (Å²) in [5, 5.41) is 28.8. The summed E-state index contributed by atoms with van der Waals surface area (Å²) >= 11 is 1.39. The van der Waals surface area contributed by atoms with E-state index in [-0.39, 0.29) is 11.9 Å². The molecule has 3 aromatic rings. The molecule has 2 amide bonds. The van der Waals surface area contributed by atoms with Crippen molar-refractivity contribution in [1.29, 1.82) is 0 Å². The molecular formula is C33H46N7O4S+. The van der Waals surface area contributed by atoms with Gasteiger partial charge in [-0.1, -0.05) is 65.9 Å². The van der Waals surface area contributed by atoms with Crippen LogP contribution in [0.1, 0.15) is 74.7 Å². The molecule has 2 atom stereocenters. The van der Waals surface area contributed by atoms with Crippen molar-refractivity contribution in [3.05, 3.63) is 100.0 Å². The molecule has 0 saturated heterocycles.